The summed E-state index contributed by atoms with van der Waals surface area (Å²) in [5.74, 6) is 1.58. The normalized spacial score (nSPS) is 10.2. The number of aryl methyl sites for hydroxylation is 2. The molecule has 0 aliphatic heterocycles. The van der Waals surface area contributed by atoms with Gasteiger partial charge in [0.05, 0.1) is 17.6 Å². The summed E-state index contributed by atoms with van der Waals surface area (Å²) in [7, 11) is 0. The lowest BCUT2D eigenvalue weighted by atomic mass is 10.1. The molecule has 17 heavy (non-hydrogen) atoms. The van der Waals surface area contributed by atoms with Gasteiger partial charge in [0.25, 0.3) is 0 Å². The second-order valence-electron chi connectivity index (χ2n) is 3.74. The molecule has 2 rings (SSSR count). The highest BCUT2D eigenvalue weighted by Crippen LogP contribution is 2.26. The van der Waals surface area contributed by atoms with E-state index in [4.69, 9.17) is 9.68 Å². The molecular weight excluding hydrogens is 232 g/mol. The molecule has 0 saturated carbocycles. The van der Waals surface area contributed by atoms with Crippen LogP contribution in [0.2, 0.25) is 0 Å². The smallest absolute Gasteiger partial charge is 0.115 e. The lowest BCUT2D eigenvalue weighted by Crippen LogP contribution is -1.94. The number of rotatable bonds is 3. The number of hydrogen-bond donors (Lipinski definition) is 0. The standard InChI is InChI=1S/C13H12N2OS/c1-9-6-10(2)15-13(12(9)7-14)17-8-11-4-3-5-16-11/h3-6H,8H2,1-2H3. The summed E-state index contributed by atoms with van der Waals surface area (Å²) in [6.07, 6.45) is 1.65. The molecule has 0 spiro atoms. The van der Waals surface area contributed by atoms with Crippen molar-refractivity contribution in [2.45, 2.75) is 24.6 Å². The molecule has 0 aliphatic rings. The molecule has 0 atom stereocenters. The maximum absolute atomic E-state index is 9.12. The van der Waals surface area contributed by atoms with Gasteiger partial charge in [-0.25, -0.2) is 4.98 Å². The van der Waals surface area contributed by atoms with Crippen LogP contribution in [0.3, 0.4) is 0 Å². The molecule has 2 aromatic heterocycles. The second-order valence-corrected chi connectivity index (χ2v) is 4.70. The van der Waals surface area contributed by atoms with Crippen LogP contribution in [0.15, 0.2) is 33.9 Å². The third-order valence-electron chi connectivity index (χ3n) is 2.35. The summed E-state index contributed by atoms with van der Waals surface area (Å²) in [5.41, 5.74) is 2.57. The van der Waals surface area contributed by atoms with Gasteiger partial charge in [-0.05, 0) is 37.6 Å². The number of hydrogen-bond acceptors (Lipinski definition) is 4. The molecule has 0 N–H and O–H groups in total. The lowest BCUT2D eigenvalue weighted by Gasteiger charge is -2.06. The van der Waals surface area contributed by atoms with Crippen LogP contribution in [0.4, 0.5) is 0 Å². The Morgan fingerprint density at radius 2 is 2.29 bits per heavy atom. The Morgan fingerprint density at radius 1 is 1.47 bits per heavy atom. The van der Waals surface area contributed by atoms with Gasteiger partial charge in [0, 0.05) is 5.69 Å². The molecule has 2 aromatic rings. The first kappa shape index (κ1) is 11.7. The monoisotopic (exact) mass is 244 g/mol. The van der Waals surface area contributed by atoms with Crippen LogP contribution in [-0.4, -0.2) is 4.98 Å². The third kappa shape index (κ3) is 2.69. The van der Waals surface area contributed by atoms with E-state index in [0.29, 0.717) is 11.3 Å². The molecule has 0 aromatic carbocycles. The molecule has 0 unspecified atom stereocenters. The van der Waals surface area contributed by atoms with E-state index in [0.717, 1.165) is 22.0 Å². The molecule has 0 bridgehead atoms. The minimum absolute atomic E-state index is 0.659. The van der Waals surface area contributed by atoms with Crippen molar-refractivity contribution in [3.05, 3.63) is 47.0 Å². The Bertz CT molecular complexity index is 556. The average molecular weight is 244 g/mol. The zero-order chi connectivity index (χ0) is 12.3. The number of nitriles is 1. The highest BCUT2D eigenvalue weighted by molar-refractivity contribution is 7.98. The Labute approximate surface area is 104 Å². The van der Waals surface area contributed by atoms with E-state index in [1.54, 1.807) is 6.26 Å². The van der Waals surface area contributed by atoms with Gasteiger partial charge in [0.2, 0.25) is 0 Å². The van der Waals surface area contributed by atoms with Crippen molar-refractivity contribution in [2.24, 2.45) is 0 Å². The van der Waals surface area contributed by atoms with Gasteiger partial charge in [0.15, 0.2) is 0 Å². The van der Waals surface area contributed by atoms with E-state index in [2.05, 4.69) is 11.1 Å². The van der Waals surface area contributed by atoms with Gasteiger partial charge in [-0.3, -0.25) is 0 Å². The summed E-state index contributed by atoms with van der Waals surface area (Å²) in [4.78, 5) is 4.40. The molecule has 0 amide bonds. The molecule has 0 radical (unpaired) electrons. The quantitative estimate of drug-likeness (QED) is 0.776. The number of pyridine rings is 1. The molecule has 0 aliphatic carbocycles. The van der Waals surface area contributed by atoms with Gasteiger partial charge in [0.1, 0.15) is 16.9 Å². The predicted molar refractivity (Wildman–Crippen MR) is 66.7 cm³/mol. The summed E-state index contributed by atoms with van der Waals surface area (Å²) < 4.78 is 5.26. The minimum atomic E-state index is 0.659. The maximum atomic E-state index is 9.12. The van der Waals surface area contributed by atoms with E-state index in [9.17, 15) is 0 Å². The third-order valence-corrected chi connectivity index (χ3v) is 3.35. The van der Waals surface area contributed by atoms with Gasteiger partial charge in [-0.2, -0.15) is 5.26 Å². The van der Waals surface area contributed by atoms with Crippen molar-refractivity contribution in [2.75, 3.05) is 0 Å². The van der Waals surface area contributed by atoms with Crippen LogP contribution in [0.5, 0.6) is 0 Å². The Hall–Kier alpha value is -1.73. The molecular formula is C13H12N2OS. The molecule has 0 fully saturated rings. The van der Waals surface area contributed by atoms with Gasteiger partial charge in [-0.1, -0.05) is 11.8 Å². The maximum Gasteiger partial charge on any atom is 0.115 e. The van der Waals surface area contributed by atoms with Crippen molar-refractivity contribution in [3.8, 4) is 6.07 Å². The van der Waals surface area contributed by atoms with Crippen LogP contribution >= 0.6 is 11.8 Å². The van der Waals surface area contributed by atoms with Crippen LogP contribution in [0, 0.1) is 25.2 Å². The SMILES string of the molecule is Cc1cc(C)c(C#N)c(SCc2ccco2)n1. The Balaban J connectivity index is 2.23. The molecule has 0 saturated heterocycles. The summed E-state index contributed by atoms with van der Waals surface area (Å²) >= 11 is 1.53. The summed E-state index contributed by atoms with van der Waals surface area (Å²) in [6, 6.07) is 7.91. The molecule has 3 nitrogen and oxygen atoms in total. The highest BCUT2D eigenvalue weighted by Gasteiger charge is 2.09. The van der Waals surface area contributed by atoms with Gasteiger partial charge < -0.3 is 4.42 Å². The molecule has 86 valence electrons. The van der Waals surface area contributed by atoms with E-state index >= 15 is 0 Å². The first-order valence-corrected chi connectivity index (χ1v) is 6.23. The van der Waals surface area contributed by atoms with Crippen molar-refractivity contribution in [1.29, 1.82) is 5.26 Å². The van der Waals surface area contributed by atoms with Crippen LogP contribution in [0.1, 0.15) is 22.6 Å². The number of furan rings is 1. The fourth-order valence-electron chi connectivity index (χ4n) is 1.58. The predicted octanol–water partition coefficient (Wildman–Crippen LogP) is 3.46. The van der Waals surface area contributed by atoms with Crippen LogP contribution in [0.25, 0.3) is 0 Å². The first-order chi connectivity index (χ1) is 8.20. The second kappa shape index (κ2) is 5.07. The van der Waals surface area contributed by atoms with Crippen molar-refractivity contribution >= 4 is 11.8 Å². The van der Waals surface area contributed by atoms with Crippen molar-refractivity contribution in [1.82, 2.24) is 4.98 Å². The zero-order valence-electron chi connectivity index (χ0n) is 9.73. The lowest BCUT2D eigenvalue weighted by molar-refractivity contribution is 0.530. The van der Waals surface area contributed by atoms with E-state index in [1.165, 1.54) is 11.8 Å². The number of nitrogens with zero attached hydrogens (tertiary/aromatic N) is 2. The number of aromatic nitrogens is 1. The van der Waals surface area contributed by atoms with E-state index < -0.39 is 0 Å². The first-order valence-electron chi connectivity index (χ1n) is 5.24. The summed E-state index contributed by atoms with van der Waals surface area (Å²) in [5, 5.41) is 9.90. The van der Waals surface area contributed by atoms with E-state index in [1.807, 2.05) is 32.0 Å². The Morgan fingerprint density at radius 3 is 2.94 bits per heavy atom. The van der Waals surface area contributed by atoms with Crippen molar-refractivity contribution < 1.29 is 4.42 Å². The molecule has 2 heterocycles. The summed E-state index contributed by atoms with van der Waals surface area (Å²) in [6.45, 7) is 3.87. The Kier molecular flexibility index (Phi) is 3.50. The molecule has 4 heteroatoms. The fourth-order valence-corrected chi connectivity index (χ4v) is 2.58. The van der Waals surface area contributed by atoms with Crippen LogP contribution in [-0.2, 0) is 5.75 Å². The van der Waals surface area contributed by atoms with Crippen LogP contribution < -0.4 is 0 Å². The van der Waals surface area contributed by atoms with E-state index in [-0.39, 0.29) is 0 Å². The topological polar surface area (TPSA) is 49.8 Å². The number of thioether (sulfide) groups is 1. The van der Waals surface area contributed by atoms with Gasteiger partial charge >= 0.3 is 0 Å². The minimum Gasteiger partial charge on any atom is -0.468 e. The fraction of sp³-hybridized carbons (Fsp3) is 0.231. The van der Waals surface area contributed by atoms with Gasteiger partial charge in [-0.15, -0.1) is 0 Å². The zero-order valence-corrected chi connectivity index (χ0v) is 10.5. The highest BCUT2D eigenvalue weighted by atomic mass is 32.2. The average Bonchev–Trinajstić information content (AvgIpc) is 2.78. The van der Waals surface area contributed by atoms with Crippen molar-refractivity contribution in [3.63, 3.8) is 0 Å². The largest absolute Gasteiger partial charge is 0.468 e.